The van der Waals surface area contributed by atoms with Crippen LogP contribution in [0.25, 0.3) is 0 Å². The molecular formula is C17H20ClF2NO4S. The highest BCUT2D eigenvalue weighted by atomic mass is 35.5. The van der Waals surface area contributed by atoms with Gasteiger partial charge in [0.25, 0.3) is 0 Å². The summed E-state index contributed by atoms with van der Waals surface area (Å²) in [6.07, 6.45) is 1.83. The summed E-state index contributed by atoms with van der Waals surface area (Å²) in [4.78, 5) is 12.5. The lowest BCUT2D eigenvalue weighted by Gasteiger charge is -2.36. The van der Waals surface area contributed by atoms with E-state index in [1.165, 1.54) is 18.2 Å². The second-order valence-electron chi connectivity index (χ2n) is 7.55. The monoisotopic (exact) mass is 407 g/mol. The maximum atomic E-state index is 12.7. The summed E-state index contributed by atoms with van der Waals surface area (Å²) in [5, 5.41) is -0.137. The minimum Gasteiger partial charge on any atom is -0.433 e. The first-order chi connectivity index (χ1) is 12.0. The molecule has 2 aliphatic carbocycles. The molecule has 1 aromatic rings. The molecule has 2 bridgehead atoms. The van der Waals surface area contributed by atoms with E-state index >= 15 is 0 Å². The van der Waals surface area contributed by atoms with Gasteiger partial charge in [0.15, 0.2) is 0 Å². The molecule has 2 atom stereocenters. The van der Waals surface area contributed by atoms with E-state index in [0.717, 1.165) is 6.42 Å². The van der Waals surface area contributed by atoms with Crippen LogP contribution in [0.15, 0.2) is 18.2 Å². The molecular weight excluding hydrogens is 388 g/mol. The highest BCUT2D eigenvalue weighted by Crippen LogP contribution is 2.64. The summed E-state index contributed by atoms with van der Waals surface area (Å²) in [6, 6.07) is 3.66. The third kappa shape index (κ3) is 3.17. The number of ether oxygens (including phenoxy) is 1. The first-order valence-electron chi connectivity index (χ1n) is 8.25. The fourth-order valence-corrected chi connectivity index (χ4v) is 6.51. The molecule has 5 nitrogen and oxygen atoms in total. The van der Waals surface area contributed by atoms with Gasteiger partial charge < -0.3 is 4.74 Å². The number of ketones is 1. The van der Waals surface area contributed by atoms with Crippen molar-refractivity contribution in [1.82, 2.24) is 0 Å². The predicted octanol–water partition coefficient (Wildman–Crippen LogP) is 4.08. The van der Waals surface area contributed by atoms with Crippen LogP contribution in [0.5, 0.6) is 5.75 Å². The Balaban J connectivity index is 1.80. The van der Waals surface area contributed by atoms with Crippen LogP contribution in [0.2, 0.25) is 5.02 Å². The molecule has 0 heterocycles. The lowest BCUT2D eigenvalue weighted by atomic mass is 9.70. The highest BCUT2D eigenvalue weighted by Gasteiger charge is 2.65. The normalized spacial score (nSPS) is 27.2. The first kappa shape index (κ1) is 19.4. The fraction of sp³-hybridized carbons (Fsp3) is 0.588. The summed E-state index contributed by atoms with van der Waals surface area (Å²) in [5.74, 6) is -0.322. The van der Waals surface area contributed by atoms with Gasteiger partial charge >= 0.3 is 6.61 Å². The number of Topliss-reactive ketones (excluding diaryl/α,β-unsaturated/α-hetero) is 1. The number of nitrogens with one attached hydrogen (secondary N) is 1. The number of hydrogen-bond donors (Lipinski definition) is 1. The van der Waals surface area contributed by atoms with Crippen molar-refractivity contribution in [2.45, 2.75) is 39.7 Å². The Morgan fingerprint density at radius 2 is 2.08 bits per heavy atom. The molecule has 26 heavy (non-hydrogen) atoms. The first-order valence-corrected chi connectivity index (χ1v) is 10.3. The van der Waals surface area contributed by atoms with Crippen molar-refractivity contribution in [3.8, 4) is 5.75 Å². The van der Waals surface area contributed by atoms with Gasteiger partial charge in [-0.25, -0.2) is 8.42 Å². The zero-order valence-electron chi connectivity index (χ0n) is 14.4. The summed E-state index contributed by atoms with van der Waals surface area (Å²) in [6.45, 7) is 0.886. The number of rotatable bonds is 6. The molecule has 0 spiro atoms. The van der Waals surface area contributed by atoms with E-state index in [1.807, 2.05) is 13.8 Å². The summed E-state index contributed by atoms with van der Waals surface area (Å²) in [5.41, 5.74) is -1.12. The Morgan fingerprint density at radius 1 is 1.38 bits per heavy atom. The van der Waals surface area contributed by atoms with E-state index < -0.39 is 22.0 Å². The van der Waals surface area contributed by atoms with Crippen molar-refractivity contribution >= 4 is 33.1 Å². The largest absolute Gasteiger partial charge is 0.433 e. The number of carbonyl (C=O) groups excluding carboxylic acids is 1. The molecule has 0 saturated heterocycles. The van der Waals surface area contributed by atoms with Crippen molar-refractivity contribution in [1.29, 1.82) is 0 Å². The number of anilines is 1. The number of sulfonamides is 1. The molecule has 144 valence electrons. The van der Waals surface area contributed by atoms with Gasteiger partial charge in [-0.05, 0) is 42.4 Å². The SMILES string of the molecule is CC1(C)[C@H]2CC[C@@]1(CS(=O)(=O)Nc1ccc(OC(F)F)c(Cl)c1)C(=O)C2. The molecule has 0 aliphatic heterocycles. The van der Waals surface area contributed by atoms with E-state index in [9.17, 15) is 22.0 Å². The van der Waals surface area contributed by atoms with E-state index in [0.29, 0.717) is 12.8 Å². The second-order valence-corrected chi connectivity index (χ2v) is 9.68. The van der Waals surface area contributed by atoms with Crippen molar-refractivity contribution in [2.75, 3.05) is 10.5 Å². The van der Waals surface area contributed by atoms with Crippen LogP contribution in [0.4, 0.5) is 14.5 Å². The third-order valence-corrected chi connectivity index (χ3v) is 7.71. The van der Waals surface area contributed by atoms with Crippen molar-refractivity contribution in [3.05, 3.63) is 23.2 Å². The van der Waals surface area contributed by atoms with Gasteiger partial charge in [-0.3, -0.25) is 9.52 Å². The molecule has 0 unspecified atom stereocenters. The molecule has 9 heteroatoms. The van der Waals surface area contributed by atoms with Crippen LogP contribution < -0.4 is 9.46 Å². The van der Waals surface area contributed by atoms with Gasteiger partial charge in [0.2, 0.25) is 10.0 Å². The van der Waals surface area contributed by atoms with Gasteiger partial charge in [-0.15, -0.1) is 0 Å². The van der Waals surface area contributed by atoms with Crippen LogP contribution in [0.1, 0.15) is 33.1 Å². The second kappa shape index (κ2) is 6.34. The number of benzene rings is 1. The zero-order chi connectivity index (χ0) is 19.3. The quantitative estimate of drug-likeness (QED) is 0.771. The lowest BCUT2D eigenvalue weighted by Crippen LogP contribution is -2.43. The number of carbonyl (C=O) groups is 1. The summed E-state index contributed by atoms with van der Waals surface area (Å²) in [7, 11) is -3.84. The topological polar surface area (TPSA) is 72.5 Å². The molecule has 1 aromatic carbocycles. The smallest absolute Gasteiger partial charge is 0.387 e. The van der Waals surface area contributed by atoms with Gasteiger partial charge in [-0.2, -0.15) is 8.78 Å². The van der Waals surface area contributed by atoms with Gasteiger partial charge in [0, 0.05) is 6.42 Å². The molecule has 1 N–H and O–H groups in total. The van der Waals surface area contributed by atoms with Gasteiger partial charge in [-0.1, -0.05) is 25.4 Å². The van der Waals surface area contributed by atoms with E-state index in [-0.39, 0.29) is 39.3 Å². The number of alkyl halides is 2. The van der Waals surface area contributed by atoms with Crippen molar-refractivity contribution in [3.63, 3.8) is 0 Å². The van der Waals surface area contributed by atoms with Crippen molar-refractivity contribution < 1.29 is 26.7 Å². The maximum Gasteiger partial charge on any atom is 0.387 e. The lowest BCUT2D eigenvalue weighted by molar-refractivity contribution is -0.128. The summed E-state index contributed by atoms with van der Waals surface area (Å²) >= 11 is 5.86. The molecule has 3 rings (SSSR count). The van der Waals surface area contributed by atoms with Gasteiger partial charge in [0.05, 0.1) is 21.9 Å². The minimum absolute atomic E-state index is 0.00263. The summed E-state index contributed by atoms with van der Waals surface area (Å²) < 4.78 is 56.5. The number of fused-ring (bicyclic) bond motifs is 2. The van der Waals surface area contributed by atoms with Crippen LogP contribution in [-0.4, -0.2) is 26.6 Å². The van der Waals surface area contributed by atoms with Crippen LogP contribution in [-0.2, 0) is 14.8 Å². The maximum absolute atomic E-state index is 12.7. The number of halogens is 3. The Morgan fingerprint density at radius 3 is 2.58 bits per heavy atom. The van der Waals surface area contributed by atoms with Crippen LogP contribution in [0.3, 0.4) is 0 Å². The third-order valence-electron chi connectivity index (χ3n) is 6.00. The van der Waals surface area contributed by atoms with E-state index in [1.54, 1.807) is 0 Å². The van der Waals surface area contributed by atoms with Gasteiger partial charge in [0.1, 0.15) is 11.5 Å². The highest BCUT2D eigenvalue weighted by molar-refractivity contribution is 7.92. The fourth-order valence-electron chi connectivity index (χ4n) is 4.40. The standard InChI is InChI=1S/C17H20ClF2NO4S/c1-16(2)10-5-6-17(16,14(22)7-10)9-26(23,24)21-11-3-4-13(12(18)8-11)25-15(19)20/h3-4,8,10,15,21H,5-7,9H2,1-2H3/t10-,17+/m0/s1. The Bertz CT molecular complexity index is 843. The molecule has 2 aliphatic rings. The molecule has 0 aromatic heterocycles. The predicted molar refractivity (Wildman–Crippen MR) is 94.1 cm³/mol. The van der Waals surface area contributed by atoms with Crippen LogP contribution >= 0.6 is 11.6 Å². The average Bonchev–Trinajstić information content (AvgIpc) is 2.83. The molecule has 0 radical (unpaired) electrons. The van der Waals surface area contributed by atoms with Crippen LogP contribution in [0, 0.1) is 16.7 Å². The van der Waals surface area contributed by atoms with E-state index in [4.69, 9.17) is 11.6 Å². The Kier molecular flexibility index (Phi) is 4.72. The number of hydrogen-bond acceptors (Lipinski definition) is 4. The zero-order valence-corrected chi connectivity index (χ0v) is 16.0. The Labute approximate surface area is 156 Å². The average molecular weight is 408 g/mol. The molecule has 2 fully saturated rings. The molecule has 0 amide bonds. The van der Waals surface area contributed by atoms with Crippen molar-refractivity contribution in [2.24, 2.45) is 16.7 Å². The Hall–Kier alpha value is -1.41. The minimum atomic E-state index is -3.84. The van der Waals surface area contributed by atoms with E-state index in [2.05, 4.69) is 9.46 Å². The molecule has 2 saturated carbocycles.